The second-order valence-corrected chi connectivity index (χ2v) is 8.18. The Hall–Kier alpha value is -3.07. The molecule has 6 nitrogen and oxygen atoms in total. The van der Waals surface area contributed by atoms with Gasteiger partial charge in [0.15, 0.2) is 5.11 Å². The smallest absolute Gasteiger partial charge is 0.250 e. The van der Waals surface area contributed by atoms with Crippen LogP contribution in [0.1, 0.15) is 16.9 Å². The minimum Gasteiger partial charge on any atom is -0.457 e. The molecule has 0 atom stereocenters. The highest BCUT2D eigenvalue weighted by Gasteiger charge is 2.11. The summed E-state index contributed by atoms with van der Waals surface area (Å²) in [7, 11) is 0. The van der Waals surface area contributed by atoms with E-state index in [1.807, 2.05) is 50.2 Å². The minimum atomic E-state index is -0.380. The van der Waals surface area contributed by atoms with Gasteiger partial charge in [0, 0.05) is 16.7 Å². The molecule has 0 bridgehead atoms. The highest BCUT2D eigenvalue weighted by Crippen LogP contribution is 2.27. The van der Waals surface area contributed by atoms with Crippen molar-refractivity contribution in [3.63, 3.8) is 0 Å². The molecule has 2 aromatic carbocycles. The minimum absolute atomic E-state index is 0.174. The summed E-state index contributed by atoms with van der Waals surface area (Å²) in [6, 6.07) is 13.1. The summed E-state index contributed by atoms with van der Waals surface area (Å²) < 4.78 is 14.3. The van der Waals surface area contributed by atoms with Crippen LogP contribution < -0.4 is 10.6 Å². The lowest BCUT2D eigenvalue weighted by Gasteiger charge is -2.10. The number of aryl methyl sites for hydroxylation is 2. The van der Waals surface area contributed by atoms with Crippen LogP contribution >= 0.6 is 35.5 Å². The molecule has 2 heterocycles. The van der Waals surface area contributed by atoms with Crippen LogP contribution in [-0.2, 0) is 4.79 Å². The van der Waals surface area contributed by atoms with E-state index in [0.29, 0.717) is 16.5 Å². The molecule has 0 aliphatic carbocycles. The van der Waals surface area contributed by atoms with Gasteiger partial charge in [0.05, 0.1) is 17.4 Å². The van der Waals surface area contributed by atoms with Crippen LogP contribution in [0.25, 0.3) is 28.4 Å². The van der Waals surface area contributed by atoms with Crippen molar-refractivity contribution in [2.75, 3.05) is 5.32 Å². The number of aromatic nitrogens is 2. The Morgan fingerprint density at radius 3 is 2.74 bits per heavy atom. The van der Waals surface area contributed by atoms with E-state index < -0.39 is 0 Å². The first-order valence-corrected chi connectivity index (χ1v) is 10.8. The molecule has 9 heteroatoms. The maximum Gasteiger partial charge on any atom is 0.250 e. The second kappa shape index (κ2) is 8.97. The largest absolute Gasteiger partial charge is 0.457 e. The number of fused-ring (bicyclic) bond motifs is 1. The van der Waals surface area contributed by atoms with Crippen LogP contribution in [0.5, 0.6) is 0 Å². The molecule has 0 spiro atoms. The molecular weight excluding hydrogens is 452 g/mol. The Morgan fingerprint density at radius 2 is 1.94 bits per heavy atom. The molecule has 2 N–H and O–H groups in total. The van der Waals surface area contributed by atoms with E-state index in [1.165, 1.54) is 6.08 Å². The van der Waals surface area contributed by atoms with Crippen LogP contribution in [0.2, 0.25) is 5.02 Å². The van der Waals surface area contributed by atoms with Crippen molar-refractivity contribution in [3.05, 3.63) is 70.5 Å². The van der Waals surface area contributed by atoms with Crippen LogP contribution in [0, 0.1) is 13.8 Å². The van der Waals surface area contributed by atoms with Crippen LogP contribution in [0.3, 0.4) is 0 Å². The normalized spacial score (nSPS) is 11.2. The van der Waals surface area contributed by atoms with E-state index in [0.717, 1.165) is 45.1 Å². The van der Waals surface area contributed by atoms with E-state index in [9.17, 15) is 4.79 Å². The molecule has 1 amide bonds. The van der Waals surface area contributed by atoms with Gasteiger partial charge in [0.25, 0.3) is 0 Å². The van der Waals surface area contributed by atoms with Crippen molar-refractivity contribution in [2.24, 2.45) is 0 Å². The van der Waals surface area contributed by atoms with Crippen LogP contribution in [0.4, 0.5) is 5.69 Å². The summed E-state index contributed by atoms with van der Waals surface area (Å²) in [5.74, 6) is 0.824. The number of amides is 1. The molecule has 4 aromatic rings. The van der Waals surface area contributed by atoms with Crippen LogP contribution in [-0.4, -0.2) is 19.8 Å². The Morgan fingerprint density at radius 1 is 1.13 bits per heavy atom. The number of furan rings is 1. The summed E-state index contributed by atoms with van der Waals surface area (Å²) in [4.78, 5) is 12.3. The Labute approximate surface area is 193 Å². The number of hydrogen-bond donors (Lipinski definition) is 2. The summed E-state index contributed by atoms with van der Waals surface area (Å²) in [6.07, 6.45) is 2.93. The van der Waals surface area contributed by atoms with E-state index in [2.05, 4.69) is 19.4 Å². The molecule has 4 rings (SSSR count). The topological polar surface area (TPSA) is 80.0 Å². The molecule has 0 saturated carbocycles. The fourth-order valence-electron chi connectivity index (χ4n) is 2.91. The predicted molar refractivity (Wildman–Crippen MR) is 129 cm³/mol. The van der Waals surface area contributed by atoms with Crippen molar-refractivity contribution in [2.45, 2.75) is 13.8 Å². The number of carbonyl (C=O) groups is 1. The zero-order chi connectivity index (χ0) is 22.0. The molecule has 2 aromatic heterocycles. The number of benzene rings is 2. The number of rotatable bonds is 4. The van der Waals surface area contributed by atoms with Crippen molar-refractivity contribution in [1.29, 1.82) is 0 Å². The summed E-state index contributed by atoms with van der Waals surface area (Å²) >= 11 is 12.6. The lowest BCUT2D eigenvalue weighted by atomic mass is 10.1. The molecule has 0 fully saturated rings. The lowest BCUT2D eigenvalue weighted by Crippen LogP contribution is -2.33. The number of nitrogens with one attached hydrogen (secondary N) is 2. The number of halogens is 1. The van der Waals surface area contributed by atoms with Gasteiger partial charge in [-0.1, -0.05) is 29.8 Å². The molecule has 0 unspecified atom stereocenters. The SMILES string of the molecule is Cc1ccc(-c2ccc(/C=C/C(=O)NC(=S)Nc3c(C)ccc4nsnc34)o2)cc1Cl. The lowest BCUT2D eigenvalue weighted by molar-refractivity contribution is -0.115. The standard InChI is InChI=1S/C22H17ClN4O2S2/c1-12-3-5-14(11-16(12)23)18-9-6-15(29-18)7-10-19(28)24-22(30)25-20-13(2)4-8-17-21(20)27-31-26-17/h3-11H,1-2H3,(H2,24,25,28,30)/b10-7+. The van der Waals surface area contributed by atoms with Gasteiger partial charge in [-0.2, -0.15) is 8.75 Å². The van der Waals surface area contributed by atoms with Crippen molar-refractivity contribution < 1.29 is 9.21 Å². The highest BCUT2D eigenvalue weighted by atomic mass is 35.5. The van der Waals surface area contributed by atoms with Crippen molar-refractivity contribution in [3.8, 4) is 11.3 Å². The van der Waals surface area contributed by atoms with Gasteiger partial charge in [-0.3, -0.25) is 10.1 Å². The van der Waals surface area contributed by atoms with E-state index in [1.54, 1.807) is 12.1 Å². The quantitative estimate of drug-likeness (QED) is 0.293. The number of thiocarbonyl (C=S) groups is 1. The third kappa shape index (κ3) is 4.82. The third-order valence-electron chi connectivity index (χ3n) is 4.59. The maximum absolute atomic E-state index is 12.3. The fourth-order valence-corrected chi connectivity index (χ4v) is 3.84. The summed E-state index contributed by atoms with van der Waals surface area (Å²) in [5, 5.41) is 6.51. The number of carbonyl (C=O) groups excluding carboxylic acids is 1. The van der Waals surface area contributed by atoms with Gasteiger partial charge >= 0.3 is 0 Å². The average Bonchev–Trinajstić information content (AvgIpc) is 3.40. The van der Waals surface area contributed by atoms with E-state index >= 15 is 0 Å². The predicted octanol–water partition coefficient (Wildman–Crippen LogP) is 5.75. The van der Waals surface area contributed by atoms with Gasteiger partial charge < -0.3 is 9.73 Å². The molecular formula is C22H17ClN4O2S2. The average molecular weight is 469 g/mol. The molecule has 31 heavy (non-hydrogen) atoms. The Bertz CT molecular complexity index is 1330. The number of hydrogen-bond acceptors (Lipinski definition) is 6. The molecule has 0 aliphatic rings. The molecule has 0 saturated heterocycles. The summed E-state index contributed by atoms with van der Waals surface area (Å²) in [5.41, 5.74) is 5.04. The summed E-state index contributed by atoms with van der Waals surface area (Å²) in [6.45, 7) is 3.87. The first-order chi connectivity index (χ1) is 14.9. The van der Waals surface area contributed by atoms with Gasteiger partial charge in [0.2, 0.25) is 5.91 Å². The van der Waals surface area contributed by atoms with Crippen molar-refractivity contribution >= 4 is 69.4 Å². The maximum atomic E-state index is 12.3. The van der Waals surface area contributed by atoms with E-state index in [-0.39, 0.29) is 11.0 Å². The van der Waals surface area contributed by atoms with Gasteiger partial charge in [-0.05, 0) is 67.5 Å². The van der Waals surface area contributed by atoms with Gasteiger partial charge in [-0.25, -0.2) is 0 Å². The molecule has 156 valence electrons. The fraction of sp³-hybridized carbons (Fsp3) is 0.0909. The Balaban J connectivity index is 1.40. The Kier molecular flexibility index (Phi) is 6.13. The monoisotopic (exact) mass is 468 g/mol. The van der Waals surface area contributed by atoms with Gasteiger partial charge in [0.1, 0.15) is 22.6 Å². The van der Waals surface area contributed by atoms with E-state index in [4.69, 9.17) is 28.2 Å². The number of anilines is 1. The molecule has 0 aliphatic heterocycles. The third-order valence-corrected chi connectivity index (χ3v) is 5.75. The first-order valence-electron chi connectivity index (χ1n) is 9.29. The van der Waals surface area contributed by atoms with Crippen molar-refractivity contribution in [1.82, 2.24) is 14.1 Å². The number of nitrogens with zero attached hydrogens (tertiary/aromatic N) is 2. The molecule has 0 radical (unpaired) electrons. The van der Waals surface area contributed by atoms with Crippen LogP contribution in [0.15, 0.2) is 53.0 Å². The van der Waals surface area contributed by atoms with Gasteiger partial charge in [-0.15, -0.1) is 0 Å². The second-order valence-electron chi connectivity index (χ2n) is 6.83. The highest BCUT2D eigenvalue weighted by molar-refractivity contribution is 7.80. The zero-order valence-corrected chi connectivity index (χ0v) is 19.0. The zero-order valence-electron chi connectivity index (χ0n) is 16.6. The first kappa shape index (κ1) is 21.2.